The third kappa shape index (κ3) is 3.50. The Labute approximate surface area is 157 Å². The first-order valence-corrected chi connectivity index (χ1v) is 8.56. The quantitative estimate of drug-likeness (QED) is 0.486. The van der Waals surface area contributed by atoms with Gasteiger partial charge in [-0.2, -0.15) is 4.98 Å². The number of methoxy groups -OCH3 is 1. The number of ether oxygens (including phenoxy) is 1. The third-order valence-electron chi connectivity index (χ3n) is 3.66. The molecule has 0 aliphatic rings. The summed E-state index contributed by atoms with van der Waals surface area (Å²) < 4.78 is 17.1. The van der Waals surface area contributed by atoms with Crippen LogP contribution < -0.4 is 4.74 Å². The number of halogens is 1. The fourth-order valence-corrected chi connectivity index (χ4v) is 2.78. The zero-order chi connectivity index (χ0) is 17.9. The molecule has 130 valence electrons. The van der Waals surface area contributed by atoms with Crippen LogP contribution in [0.4, 0.5) is 0 Å². The molecule has 26 heavy (non-hydrogen) atoms. The number of benzene rings is 2. The zero-order valence-corrected chi connectivity index (χ0v) is 15.3. The Hall–Kier alpha value is -3.00. The molecule has 0 unspecified atom stereocenters. The molecule has 4 aromatic rings. The van der Waals surface area contributed by atoms with E-state index in [0.29, 0.717) is 23.5 Å². The lowest BCUT2D eigenvalue weighted by atomic mass is 10.2. The van der Waals surface area contributed by atoms with E-state index >= 15 is 0 Å². The fourth-order valence-electron chi connectivity index (χ4n) is 2.38. The Morgan fingerprint density at radius 3 is 2.62 bits per heavy atom. The van der Waals surface area contributed by atoms with E-state index in [2.05, 4.69) is 36.3 Å². The van der Waals surface area contributed by atoms with Gasteiger partial charge in [0.05, 0.1) is 7.11 Å². The zero-order valence-electron chi connectivity index (χ0n) is 13.7. The highest BCUT2D eigenvalue weighted by molar-refractivity contribution is 9.10. The molecule has 0 radical (unpaired) electrons. The molecule has 7 nitrogen and oxygen atoms in total. The average molecular weight is 413 g/mol. The van der Waals surface area contributed by atoms with Gasteiger partial charge in [0, 0.05) is 15.6 Å². The van der Waals surface area contributed by atoms with Crippen molar-refractivity contribution in [1.29, 1.82) is 0 Å². The smallest absolute Gasteiger partial charge is 0.247 e. The lowest BCUT2D eigenvalue weighted by Crippen LogP contribution is -1.89. The standard InChI is InChI=1S/C18H13BrN4O3/c1-24-14-7-5-11(6-8-14)17-20-15(26-23-17)10-16-21-22-18(25-16)12-3-2-4-13(19)9-12/h2-9H,10H2,1H3. The lowest BCUT2D eigenvalue weighted by molar-refractivity contribution is 0.374. The highest BCUT2D eigenvalue weighted by atomic mass is 79.9. The second-order valence-electron chi connectivity index (χ2n) is 5.43. The van der Waals surface area contributed by atoms with Gasteiger partial charge in [0.1, 0.15) is 12.2 Å². The summed E-state index contributed by atoms with van der Waals surface area (Å²) in [6.45, 7) is 0. The number of hydrogen-bond acceptors (Lipinski definition) is 7. The molecule has 4 rings (SSSR count). The summed E-state index contributed by atoms with van der Waals surface area (Å²) >= 11 is 3.42. The molecular weight excluding hydrogens is 400 g/mol. The van der Waals surface area contributed by atoms with Crippen LogP contribution in [0.1, 0.15) is 11.8 Å². The van der Waals surface area contributed by atoms with E-state index in [9.17, 15) is 0 Å². The summed E-state index contributed by atoms with van der Waals surface area (Å²) in [4.78, 5) is 4.37. The van der Waals surface area contributed by atoms with Crippen molar-refractivity contribution in [2.24, 2.45) is 0 Å². The lowest BCUT2D eigenvalue weighted by Gasteiger charge is -1.98. The predicted octanol–water partition coefficient (Wildman–Crippen LogP) is 4.15. The van der Waals surface area contributed by atoms with Gasteiger partial charge in [0.15, 0.2) is 0 Å². The molecule has 0 saturated carbocycles. The highest BCUT2D eigenvalue weighted by Gasteiger charge is 2.14. The molecule has 2 aromatic heterocycles. The fraction of sp³-hybridized carbons (Fsp3) is 0.111. The molecule has 0 bridgehead atoms. The van der Waals surface area contributed by atoms with Crippen LogP contribution >= 0.6 is 15.9 Å². The van der Waals surface area contributed by atoms with E-state index in [0.717, 1.165) is 21.3 Å². The Balaban J connectivity index is 1.51. The summed E-state index contributed by atoms with van der Waals surface area (Å²) in [6.07, 6.45) is 0.268. The van der Waals surface area contributed by atoms with E-state index < -0.39 is 0 Å². The van der Waals surface area contributed by atoms with Gasteiger partial charge in [-0.25, -0.2) is 0 Å². The molecule has 8 heteroatoms. The first kappa shape index (κ1) is 16.5. The molecule has 0 fully saturated rings. The van der Waals surface area contributed by atoms with Gasteiger partial charge < -0.3 is 13.7 Å². The molecule has 0 amide bonds. The van der Waals surface area contributed by atoms with Gasteiger partial charge in [-0.05, 0) is 42.5 Å². The topological polar surface area (TPSA) is 87.1 Å². The van der Waals surface area contributed by atoms with Crippen LogP contribution in [0.25, 0.3) is 22.8 Å². The van der Waals surface area contributed by atoms with Gasteiger partial charge in [0.2, 0.25) is 23.5 Å². The second-order valence-corrected chi connectivity index (χ2v) is 6.34. The third-order valence-corrected chi connectivity index (χ3v) is 4.15. The van der Waals surface area contributed by atoms with Crippen molar-refractivity contribution in [3.05, 3.63) is 64.8 Å². The van der Waals surface area contributed by atoms with Crippen LogP contribution in [0.2, 0.25) is 0 Å². The maximum atomic E-state index is 5.69. The Morgan fingerprint density at radius 2 is 1.85 bits per heavy atom. The molecule has 0 atom stereocenters. The monoisotopic (exact) mass is 412 g/mol. The first-order valence-electron chi connectivity index (χ1n) is 7.76. The maximum Gasteiger partial charge on any atom is 0.247 e. The minimum atomic E-state index is 0.268. The molecule has 0 saturated heterocycles. The van der Waals surface area contributed by atoms with Crippen LogP contribution in [0.3, 0.4) is 0 Å². The highest BCUT2D eigenvalue weighted by Crippen LogP contribution is 2.23. The Morgan fingerprint density at radius 1 is 1.00 bits per heavy atom. The molecular formula is C18H13BrN4O3. The summed E-state index contributed by atoms with van der Waals surface area (Å²) in [7, 11) is 1.62. The first-order chi connectivity index (χ1) is 12.7. The van der Waals surface area contributed by atoms with E-state index in [1.54, 1.807) is 7.11 Å². The minimum absolute atomic E-state index is 0.268. The van der Waals surface area contributed by atoms with Crippen LogP contribution in [-0.4, -0.2) is 27.4 Å². The van der Waals surface area contributed by atoms with Crippen LogP contribution in [-0.2, 0) is 6.42 Å². The summed E-state index contributed by atoms with van der Waals surface area (Å²) in [5.41, 5.74) is 1.67. The van der Waals surface area contributed by atoms with Gasteiger partial charge in [-0.3, -0.25) is 0 Å². The SMILES string of the molecule is COc1ccc(-c2noc(Cc3nnc(-c4cccc(Br)c4)o3)n2)cc1. The van der Waals surface area contributed by atoms with E-state index in [1.165, 1.54) is 0 Å². The van der Waals surface area contributed by atoms with Gasteiger partial charge in [-0.15, -0.1) is 10.2 Å². The van der Waals surface area contributed by atoms with Crippen LogP contribution in [0.5, 0.6) is 5.75 Å². The summed E-state index contributed by atoms with van der Waals surface area (Å²) in [5, 5.41) is 12.1. The number of rotatable bonds is 5. The molecule has 0 aliphatic heterocycles. The van der Waals surface area contributed by atoms with Crippen molar-refractivity contribution < 1.29 is 13.7 Å². The van der Waals surface area contributed by atoms with Crippen molar-refractivity contribution in [3.8, 4) is 28.6 Å². The van der Waals surface area contributed by atoms with Gasteiger partial charge >= 0.3 is 0 Å². The molecule has 0 spiro atoms. The van der Waals surface area contributed by atoms with Crippen LogP contribution in [0, 0.1) is 0 Å². The summed E-state index contributed by atoms with van der Waals surface area (Å²) in [5.74, 6) is 2.51. The van der Waals surface area contributed by atoms with Crippen molar-refractivity contribution in [3.63, 3.8) is 0 Å². The second kappa shape index (κ2) is 7.09. The van der Waals surface area contributed by atoms with Gasteiger partial charge in [-0.1, -0.05) is 27.2 Å². The molecule has 2 aromatic carbocycles. The summed E-state index contributed by atoms with van der Waals surface area (Å²) in [6, 6.07) is 15.1. The molecule has 2 heterocycles. The number of nitrogens with zero attached hydrogens (tertiary/aromatic N) is 4. The molecule has 0 N–H and O–H groups in total. The Bertz CT molecular complexity index is 1030. The van der Waals surface area contributed by atoms with E-state index in [-0.39, 0.29) is 6.42 Å². The largest absolute Gasteiger partial charge is 0.497 e. The van der Waals surface area contributed by atoms with Crippen molar-refractivity contribution in [2.75, 3.05) is 7.11 Å². The van der Waals surface area contributed by atoms with E-state index in [1.807, 2.05) is 48.5 Å². The van der Waals surface area contributed by atoms with Crippen molar-refractivity contribution >= 4 is 15.9 Å². The van der Waals surface area contributed by atoms with Crippen LogP contribution in [0.15, 0.2) is 61.9 Å². The molecule has 0 aliphatic carbocycles. The minimum Gasteiger partial charge on any atom is -0.497 e. The van der Waals surface area contributed by atoms with Crippen molar-refractivity contribution in [2.45, 2.75) is 6.42 Å². The van der Waals surface area contributed by atoms with Crippen molar-refractivity contribution in [1.82, 2.24) is 20.3 Å². The average Bonchev–Trinajstić information content (AvgIpc) is 3.32. The van der Waals surface area contributed by atoms with Gasteiger partial charge in [0.25, 0.3) is 0 Å². The number of hydrogen-bond donors (Lipinski definition) is 0. The number of aromatic nitrogens is 4. The maximum absolute atomic E-state index is 5.69. The Kier molecular flexibility index (Phi) is 4.49. The normalized spacial score (nSPS) is 10.8. The van der Waals surface area contributed by atoms with E-state index in [4.69, 9.17) is 13.7 Å². The predicted molar refractivity (Wildman–Crippen MR) is 96.5 cm³/mol.